The molecule has 0 atom stereocenters. The standard InChI is InChI=1S/C16H13N/c1-12-6-9-16(17-11-12)15-8-7-13-4-2-3-5-14(13)10-15/h2-11H,1H3. The van der Waals surface area contributed by atoms with Crippen molar-refractivity contribution in [2.24, 2.45) is 0 Å². The van der Waals surface area contributed by atoms with Gasteiger partial charge in [-0.3, -0.25) is 4.98 Å². The number of aryl methyl sites for hydroxylation is 1. The third-order valence-corrected chi connectivity index (χ3v) is 2.96. The SMILES string of the molecule is Cc1ccc(-c2ccc3ccccc3c2)nc1. The van der Waals surface area contributed by atoms with Gasteiger partial charge in [-0.2, -0.15) is 0 Å². The summed E-state index contributed by atoms with van der Waals surface area (Å²) < 4.78 is 0. The van der Waals surface area contributed by atoms with E-state index in [1.807, 2.05) is 6.20 Å². The van der Waals surface area contributed by atoms with Crippen LogP contribution in [0.1, 0.15) is 5.56 Å². The molecule has 0 unspecified atom stereocenters. The summed E-state index contributed by atoms with van der Waals surface area (Å²) in [5.74, 6) is 0. The number of hydrogen-bond donors (Lipinski definition) is 0. The van der Waals surface area contributed by atoms with Gasteiger partial charge in [0.05, 0.1) is 5.69 Å². The van der Waals surface area contributed by atoms with E-state index in [2.05, 4.69) is 66.5 Å². The highest BCUT2D eigenvalue weighted by Crippen LogP contribution is 2.22. The summed E-state index contributed by atoms with van der Waals surface area (Å²) in [6, 6.07) is 19.0. The second-order valence-corrected chi connectivity index (χ2v) is 4.28. The Hall–Kier alpha value is -2.15. The highest BCUT2D eigenvalue weighted by Gasteiger charge is 2.00. The summed E-state index contributed by atoms with van der Waals surface area (Å²) in [6.45, 7) is 2.05. The third-order valence-electron chi connectivity index (χ3n) is 2.96. The van der Waals surface area contributed by atoms with Gasteiger partial charge in [-0.15, -0.1) is 0 Å². The van der Waals surface area contributed by atoms with Crippen LogP contribution < -0.4 is 0 Å². The Kier molecular flexibility index (Phi) is 2.37. The van der Waals surface area contributed by atoms with Gasteiger partial charge in [-0.25, -0.2) is 0 Å². The van der Waals surface area contributed by atoms with Crippen LogP contribution in [-0.4, -0.2) is 4.98 Å². The highest BCUT2D eigenvalue weighted by molar-refractivity contribution is 5.86. The minimum absolute atomic E-state index is 1.03. The van der Waals surface area contributed by atoms with Gasteiger partial charge in [-0.05, 0) is 35.4 Å². The average Bonchev–Trinajstić information content (AvgIpc) is 2.39. The van der Waals surface area contributed by atoms with Gasteiger partial charge >= 0.3 is 0 Å². The Labute approximate surface area is 101 Å². The molecule has 0 amide bonds. The zero-order chi connectivity index (χ0) is 11.7. The lowest BCUT2D eigenvalue weighted by Gasteiger charge is -2.03. The molecule has 0 radical (unpaired) electrons. The summed E-state index contributed by atoms with van der Waals surface area (Å²) in [6.07, 6.45) is 1.91. The Morgan fingerprint density at radius 2 is 1.65 bits per heavy atom. The molecule has 0 aliphatic heterocycles. The van der Waals surface area contributed by atoms with Crippen molar-refractivity contribution in [3.63, 3.8) is 0 Å². The Morgan fingerprint density at radius 1 is 0.824 bits per heavy atom. The van der Waals surface area contributed by atoms with Crippen LogP contribution in [-0.2, 0) is 0 Å². The summed E-state index contributed by atoms with van der Waals surface area (Å²) >= 11 is 0. The quantitative estimate of drug-likeness (QED) is 0.597. The minimum atomic E-state index is 1.03. The molecule has 2 aromatic carbocycles. The van der Waals surface area contributed by atoms with Gasteiger partial charge in [0, 0.05) is 11.8 Å². The molecular formula is C16H13N. The van der Waals surface area contributed by atoms with E-state index in [0.717, 1.165) is 5.69 Å². The van der Waals surface area contributed by atoms with Gasteiger partial charge in [0.25, 0.3) is 0 Å². The maximum atomic E-state index is 4.46. The fourth-order valence-electron chi connectivity index (χ4n) is 1.99. The van der Waals surface area contributed by atoms with Gasteiger partial charge < -0.3 is 0 Å². The van der Waals surface area contributed by atoms with E-state index in [1.54, 1.807) is 0 Å². The van der Waals surface area contributed by atoms with Crippen molar-refractivity contribution in [3.05, 3.63) is 66.4 Å². The molecule has 0 saturated heterocycles. The van der Waals surface area contributed by atoms with E-state index < -0.39 is 0 Å². The molecule has 0 N–H and O–H groups in total. The molecule has 1 heteroatoms. The van der Waals surface area contributed by atoms with Crippen LogP contribution in [0.25, 0.3) is 22.0 Å². The molecule has 1 nitrogen and oxygen atoms in total. The molecule has 0 aliphatic carbocycles. The molecule has 82 valence electrons. The van der Waals surface area contributed by atoms with Gasteiger partial charge in [0.2, 0.25) is 0 Å². The van der Waals surface area contributed by atoms with Crippen LogP contribution >= 0.6 is 0 Å². The smallest absolute Gasteiger partial charge is 0.0702 e. The van der Waals surface area contributed by atoms with Crippen molar-refractivity contribution in [2.45, 2.75) is 6.92 Å². The van der Waals surface area contributed by atoms with Crippen molar-refractivity contribution in [1.82, 2.24) is 4.98 Å². The molecule has 17 heavy (non-hydrogen) atoms. The van der Waals surface area contributed by atoms with Gasteiger partial charge in [0.15, 0.2) is 0 Å². The van der Waals surface area contributed by atoms with Gasteiger partial charge in [0.1, 0.15) is 0 Å². The summed E-state index contributed by atoms with van der Waals surface area (Å²) in [7, 11) is 0. The second-order valence-electron chi connectivity index (χ2n) is 4.28. The Morgan fingerprint density at radius 3 is 2.41 bits per heavy atom. The van der Waals surface area contributed by atoms with E-state index >= 15 is 0 Å². The molecule has 3 aromatic rings. The molecule has 0 bridgehead atoms. The summed E-state index contributed by atoms with van der Waals surface area (Å²) in [4.78, 5) is 4.46. The van der Waals surface area contributed by atoms with Crippen molar-refractivity contribution in [3.8, 4) is 11.3 Å². The molecule has 1 heterocycles. The summed E-state index contributed by atoms with van der Waals surface area (Å²) in [5, 5.41) is 2.52. The first-order valence-electron chi connectivity index (χ1n) is 5.75. The number of rotatable bonds is 1. The highest BCUT2D eigenvalue weighted by atomic mass is 14.7. The predicted octanol–water partition coefficient (Wildman–Crippen LogP) is 4.21. The van der Waals surface area contributed by atoms with Gasteiger partial charge in [-0.1, -0.05) is 42.5 Å². The zero-order valence-corrected chi connectivity index (χ0v) is 9.72. The lowest BCUT2D eigenvalue weighted by atomic mass is 10.0. The van der Waals surface area contributed by atoms with Crippen LogP contribution in [0.3, 0.4) is 0 Å². The van der Waals surface area contributed by atoms with Crippen molar-refractivity contribution >= 4 is 10.8 Å². The van der Waals surface area contributed by atoms with E-state index in [0.29, 0.717) is 0 Å². The molecule has 1 aromatic heterocycles. The van der Waals surface area contributed by atoms with Crippen LogP contribution in [0.5, 0.6) is 0 Å². The number of hydrogen-bond acceptors (Lipinski definition) is 1. The van der Waals surface area contributed by atoms with Crippen LogP contribution in [0.2, 0.25) is 0 Å². The lowest BCUT2D eigenvalue weighted by Crippen LogP contribution is -1.84. The van der Waals surface area contributed by atoms with E-state index in [1.165, 1.54) is 21.9 Å². The van der Waals surface area contributed by atoms with Crippen molar-refractivity contribution in [2.75, 3.05) is 0 Å². The largest absolute Gasteiger partial charge is 0.256 e. The number of nitrogens with zero attached hydrogens (tertiary/aromatic N) is 1. The first kappa shape index (κ1) is 10.0. The average molecular weight is 219 g/mol. The van der Waals surface area contributed by atoms with E-state index in [4.69, 9.17) is 0 Å². The number of pyridine rings is 1. The zero-order valence-electron chi connectivity index (χ0n) is 9.72. The fourth-order valence-corrected chi connectivity index (χ4v) is 1.99. The molecule has 0 saturated carbocycles. The molecule has 3 rings (SSSR count). The fraction of sp³-hybridized carbons (Fsp3) is 0.0625. The van der Waals surface area contributed by atoms with E-state index in [-0.39, 0.29) is 0 Å². The van der Waals surface area contributed by atoms with Crippen LogP contribution in [0.15, 0.2) is 60.8 Å². The predicted molar refractivity (Wildman–Crippen MR) is 71.9 cm³/mol. The molecule has 0 fully saturated rings. The summed E-state index contributed by atoms with van der Waals surface area (Å²) in [5.41, 5.74) is 3.39. The Balaban J connectivity index is 2.14. The number of fused-ring (bicyclic) bond motifs is 1. The first-order valence-corrected chi connectivity index (χ1v) is 5.75. The number of aromatic nitrogens is 1. The monoisotopic (exact) mass is 219 g/mol. The maximum absolute atomic E-state index is 4.46. The number of benzene rings is 2. The molecular weight excluding hydrogens is 206 g/mol. The normalized spacial score (nSPS) is 10.6. The van der Waals surface area contributed by atoms with Crippen molar-refractivity contribution < 1.29 is 0 Å². The first-order chi connectivity index (χ1) is 8.33. The third kappa shape index (κ3) is 1.92. The lowest BCUT2D eigenvalue weighted by molar-refractivity contribution is 1.27. The molecule has 0 spiro atoms. The van der Waals surface area contributed by atoms with E-state index in [9.17, 15) is 0 Å². The minimum Gasteiger partial charge on any atom is -0.256 e. The van der Waals surface area contributed by atoms with Crippen LogP contribution in [0, 0.1) is 6.92 Å². The second kappa shape index (κ2) is 4.02. The molecule has 0 aliphatic rings. The topological polar surface area (TPSA) is 12.9 Å². The van der Waals surface area contributed by atoms with Crippen LogP contribution in [0.4, 0.5) is 0 Å². The Bertz CT molecular complexity index is 654. The maximum Gasteiger partial charge on any atom is 0.0702 e. The van der Waals surface area contributed by atoms with Crippen molar-refractivity contribution in [1.29, 1.82) is 0 Å².